The van der Waals surface area contributed by atoms with Gasteiger partial charge in [0, 0.05) is 7.11 Å². The number of ether oxygens (including phenoxy) is 1. The number of hydrogen-bond acceptors (Lipinski definition) is 4. The van der Waals surface area contributed by atoms with E-state index in [1.807, 2.05) is 0 Å². The molecule has 0 fully saturated rings. The number of hydrogen-bond donors (Lipinski definition) is 3. The topological polar surface area (TPSA) is 69.9 Å². The van der Waals surface area contributed by atoms with Gasteiger partial charge in [0.25, 0.3) is 0 Å². The standard InChI is InChI=1S/C6H14O4/c1-4(10-2)6(9)5(8)3-7/h4-9H,3H2,1-2H3. The molecule has 62 valence electrons. The lowest BCUT2D eigenvalue weighted by Crippen LogP contribution is -2.38. The molecule has 0 aromatic carbocycles. The monoisotopic (exact) mass is 150 g/mol. The summed E-state index contributed by atoms with van der Waals surface area (Å²) in [6.45, 7) is 1.17. The van der Waals surface area contributed by atoms with Crippen LogP contribution in [0.4, 0.5) is 0 Å². The average Bonchev–Trinajstić information content (AvgIpc) is 2.00. The third kappa shape index (κ3) is 2.62. The summed E-state index contributed by atoms with van der Waals surface area (Å²) < 4.78 is 4.71. The van der Waals surface area contributed by atoms with E-state index >= 15 is 0 Å². The highest BCUT2D eigenvalue weighted by Gasteiger charge is 2.21. The van der Waals surface area contributed by atoms with E-state index in [2.05, 4.69) is 0 Å². The predicted octanol–water partition coefficient (Wildman–Crippen LogP) is -1.26. The molecule has 0 radical (unpaired) electrons. The Morgan fingerprint density at radius 3 is 2.20 bits per heavy atom. The van der Waals surface area contributed by atoms with Crippen LogP contribution in [0.3, 0.4) is 0 Å². The van der Waals surface area contributed by atoms with Crippen molar-refractivity contribution in [3.05, 3.63) is 0 Å². The second kappa shape index (κ2) is 4.62. The van der Waals surface area contributed by atoms with E-state index in [1.54, 1.807) is 6.92 Å². The average molecular weight is 150 g/mol. The van der Waals surface area contributed by atoms with Gasteiger partial charge in [0.2, 0.25) is 0 Å². The summed E-state index contributed by atoms with van der Waals surface area (Å²) in [6.07, 6.45) is -2.59. The van der Waals surface area contributed by atoms with Gasteiger partial charge in [0.1, 0.15) is 12.2 Å². The van der Waals surface area contributed by atoms with Gasteiger partial charge in [-0.1, -0.05) is 0 Å². The van der Waals surface area contributed by atoms with Crippen LogP contribution in [0.25, 0.3) is 0 Å². The van der Waals surface area contributed by atoms with Crippen LogP contribution in [0.15, 0.2) is 0 Å². The molecule has 0 aliphatic carbocycles. The fourth-order valence-corrected chi connectivity index (χ4v) is 0.560. The Kier molecular flexibility index (Phi) is 4.55. The number of rotatable bonds is 4. The minimum atomic E-state index is -1.12. The Bertz CT molecular complexity index is 75.8. The molecule has 0 bridgehead atoms. The van der Waals surface area contributed by atoms with Crippen LogP contribution in [-0.2, 0) is 4.74 Å². The normalized spacial score (nSPS) is 20.1. The van der Waals surface area contributed by atoms with Crippen molar-refractivity contribution in [2.45, 2.75) is 25.2 Å². The smallest absolute Gasteiger partial charge is 0.108 e. The van der Waals surface area contributed by atoms with Crippen molar-refractivity contribution in [3.63, 3.8) is 0 Å². The summed E-state index contributed by atoms with van der Waals surface area (Å²) in [7, 11) is 1.43. The molecule has 10 heavy (non-hydrogen) atoms. The first-order chi connectivity index (χ1) is 4.63. The summed E-state index contributed by atoms with van der Waals surface area (Å²) in [5.41, 5.74) is 0. The zero-order chi connectivity index (χ0) is 8.15. The van der Waals surface area contributed by atoms with Crippen molar-refractivity contribution >= 4 is 0 Å². The summed E-state index contributed by atoms with van der Waals surface area (Å²) in [4.78, 5) is 0. The zero-order valence-corrected chi connectivity index (χ0v) is 6.19. The van der Waals surface area contributed by atoms with Crippen LogP contribution in [0.2, 0.25) is 0 Å². The first kappa shape index (κ1) is 9.84. The van der Waals surface area contributed by atoms with E-state index in [9.17, 15) is 0 Å². The van der Waals surface area contributed by atoms with E-state index in [0.29, 0.717) is 0 Å². The maximum Gasteiger partial charge on any atom is 0.108 e. The van der Waals surface area contributed by atoms with E-state index < -0.39 is 24.9 Å². The number of methoxy groups -OCH3 is 1. The van der Waals surface area contributed by atoms with Crippen LogP contribution in [0.5, 0.6) is 0 Å². The van der Waals surface area contributed by atoms with Gasteiger partial charge in [-0.15, -0.1) is 0 Å². The van der Waals surface area contributed by atoms with Gasteiger partial charge in [-0.05, 0) is 6.92 Å². The molecule has 3 unspecified atom stereocenters. The van der Waals surface area contributed by atoms with Gasteiger partial charge in [-0.3, -0.25) is 0 Å². The molecule has 4 heteroatoms. The molecule has 0 aliphatic rings. The molecule has 0 saturated carbocycles. The summed E-state index contributed by atoms with van der Waals surface area (Å²) in [5, 5.41) is 26.3. The largest absolute Gasteiger partial charge is 0.394 e. The van der Waals surface area contributed by atoms with E-state index in [4.69, 9.17) is 20.1 Å². The van der Waals surface area contributed by atoms with E-state index in [-0.39, 0.29) is 0 Å². The highest BCUT2D eigenvalue weighted by molar-refractivity contribution is 4.71. The molecule has 4 nitrogen and oxygen atoms in total. The van der Waals surface area contributed by atoms with Gasteiger partial charge < -0.3 is 20.1 Å². The number of aliphatic hydroxyl groups is 3. The van der Waals surface area contributed by atoms with Crippen molar-refractivity contribution in [2.24, 2.45) is 0 Å². The molecule has 3 N–H and O–H groups in total. The summed E-state index contributed by atoms with van der Waals surface area (Å²) in [6, 6.07) is 0. The lowest BCUT2D eigenvalue weighted by Gasteiger charge is -2.20. The van der Waals surface area contributed by atoms with Crippen LogP contribution in [-0.4, -0.2) is 47.3 Å². The first-order valence-electron chi connectivity index (χ1n) is 3.13. The first-order valence-corrected chi connectivity index (χ1v) is 3.13. The van der Waals surface area contributed by atoms with Gasteiger partial charge in [0.15, 0.2) is 0 Å². The Morgan fingerprint density at radius 2 is 1.90 bits per heavy atom. The van der Waals surface area contributed by atoms with Crippen LogP contribution in [0, 0.1) is 0 Å². The second-order valence-electron chi connectivity index (χ2n) is 2.18. The fraction of sp³-hybridized carbons (Fsp3) is 1.00. The maximum atomic E-state index is 9.05. The Balaban J connectivity index is 3.69. The van der Waals surface area contributed by atoms with Gasteiger partial charge in [-0.25, -0.2) is 0 Å². The molecule has 0 amide bonds. The molecule has 0 saturated heterocycles. The minimum Gasteiger partial charge on any atom is -0.394 e. The second-order valence-corrected chi connectivity index (χ2v) is 2.18. The lowest BCUT2D eigenvalue weighted by atomic mass is 10.1. The number of aliphatic hydroxyl groups excluding tert-OH is 3. The molecule has 0 aromatic rings. The Morgan fingerprint density at radius 1 is 1.40 bits per heavy atom. The van der Waals surface area contributed by atoms with Crippen LogP contribution in [0.1, 0.15) is 6.92 Å². The molecule has 0 aromatic heterocycles. The minimum absolute atomic E-state index is 0.450. The van der Waals surface area contributed by atoms with Crippen LogP contribution >= 0.6 is 0 Å². The van der Waals surface area contributed by atoms with Gasteiger partial charge in [0.05, 0.1) is 12.7 Å². The quantitative estimate of drug-likeness (QED) is 0.467. The van der Waals surface area contributed by atoms with Crippen molar-refractivity contribution in [1.82, 2.24) is 0 Å². The molecule has 0 heterocycles. The van der Waals surface area contributed by atoms with Crippen LogP contribution < -0.4 is 0 Å². The molecular weight excluding hydrogens is 136 g/mol. The van der Waals surface area contributed by atoms with Crippen molar-refractivity contribution in [1.29, 1.82) is 0 Å². The highest BCUT2D eigenvalue weighted by Crippen LogP contribution is 2.01. The van der Waals surface area contributed by atoms with Crippen molar-refractivity contribution in [2.75, 3.05) is 13.7 Å². The third-order valence-electron chi connectivity index (χ3n) is 1.43. The Labute approximate surface area is 60.1 Å². The lowest BCUT2D eigenvalue weighted by molar-refractivity contribution is -0.0827. The highest BCUT2D eigenvalue weighted by atomic mass is 16.5. The zero-order valence-electron chi connectivity index (χ0n) is 6.19. The van der Waals surface area contributed by atoms with Gasteiger partial charge in [-0.2, -0.15) is 0 Å². The van der Waals surface area contributed by atoms with E-state index in [1.165, 1.54) is 7.11 Å². The molecule has 0 spiro atoms. The molecule has 0 rings (SSSR count). The fourth-order valence-electron chi connectivity index (χ4n) is 0.560. The maximum absolute atomic E-state index is 9.05. The van der Waals surface area contributed by atoms with Gasteiger partial charge >= 0.3 is 0 Å². The molecule has 0 aliphatic heterocycles. The van der Waals surface area contributed by atoms with Crippen molar-refractivity contribution < 1.29 is 20.1 Å². The summed E-state index contributed by atoms with van der Waals surface area (Å²) in [5.74, 6) is 0. The predicted molar refractivity (Wildman–Crippen MR) is 35.6 cm³/mol. The third-order valence-corrected chi connectivity index (χ3v) is 1.43. The SMILES string of the molecule is COC(C)C(O)C(O)CO. The summed E-state index contributed by atoms with van der Waals surface area (Å²) >= 11 is 0. The van der Waals surface area contributed by atoms with E-state index in [0.717, 1.165) is 0 Å². The Hall–Kier alpha value is -0.160. The molecular formula is C6H14O4. The van der Waals surface area contributed by atoms with Crippen molar-refractivity contribution in [3.8, 4) is 0 Å². The molecule has 3 atom stereocenters.